The maximum Gasteiger partial charge on any atom is 0.275 e. The minimum Gasteiger partial charge on any atom is -0.356 e. The summed E-state index contributed by atoms with van der Waals surface area (Å²) in [5, 5.41) is 6.96. The lowest BCUT2D eigenvalue weighted by Crippen LogP contribution is -2.30. The second kappa shape index (κ2) is 8.05. The number of anilines is 2. The van der Waals surface area contributed by atoms with E-state index in [-0.39, 0.29) is 17.5 Å². The summed E-state index contributed by atoms with van der Waals surface area (Å²) < 4.78 is 16.0. The highest BCUT2D eigenvalue weighted by Gasteiger charge is 2.35. The average molecular weight is 423 g/mol. The summed E-state index contributed by atoms with van der Waals surface area (Å²) in [6.45, 7) is 6.31. The van der Waals surface area contributed by atoms with Crippen molar-refractivity contribution in [1.29, 1.82) is 0 Å². The Morgan fingerprint density at radius 3 is 2.74 bits per heavy atom. The minimum atomic E-state index is -1.24. The summed E-state index contributed by atoms with van der Waals surface area (Å²) in [4.78, 5) is 28.1. The SMILES string of the molecule is Cc1nc(NC(=O)c2cccc(-c3cnn(C)c3)n2)cc(N2CC[C@H](C(C)(C)F)C2)n1. The number of hydrogen-bond acceptors (Lipinski definition) is 6. The zero-order valence-electron chi connectivity index (χ0n) is 18.1. The third-order valence-electron chi connectivity index (χ3n) is 5.53. The molecule has 0 saturated carbocycles. The summed E-state index contributed by atoms with van der Waals surface area (Å²) in [5.41, 5.74) is 0.535. The Morgan fingerprint density at radius 1 is 1.26 bits per heavy atom. The molecule has 162 valence electrons. The summed E-state index contributed by atoms with van der Waals surface area (Å²) in [6, 6.07) is 6.99. The van der Waals surface area contributed by atoms with Gasteiger partial charge in [-0.15, -0.1) is 0 Å². The number of amides is 1. The predicted octanol–water partition coefficient (Wildman–Crippen LogP) is 3.41. The van der Waals surface area contributed by atoms with E-state index in [1.54, 1.807) is 49.8 Å². The van der Waals surface area contributed by atoms with Gasteiger partial charge in [-0.25, -0.2) is 19.3 Å². The number of carbonyl (C=O) groups excluding carboxylic acids is 1. The van der Waals surface area contributed by atoms with Gasteiger partial charge >= 0.3 is 0 Å². The highest BCUT2D eigenvalue weighted by molar-refractivity contribution is 6.02. The van der Waals surface area contributed by atoms with Gasteiger partial charge in [0.15, 0.2) is 0 Å². The summed E-state index contributed by atoms with van der Waals surface area (Å²) >= 11 is 0. The number of nitrogens with zero attached hydrogens (tertiary/aromatic N) is 6. The van der Waals surface area contributed by atoms with Gasteiger partial charge in [0.25, 0.3) is 5.91 Å². The van der Waals surface area contributed by atoms with Gasteiger partial charge < -0.3 is 10.2 Å². The topological polar surface area (TPSA) is 88.8 Å². The number of aromatic nitrogens is 5. The number of carbonyl (C=O) groups is 1. The van der Waals surface area contributed by atoms with Crippen molar-refractivity contribution in [2.75, 3.05) is 23.3 Å². The number of rotatable bonds is 5. The third-order valence-corrected chi connectivity index (χ3v) is 5.53. The molecule has 0 radical (unpaired) electrons. The molecule has 1 saturated heterocycles. The fourth-order valence-corrected chi connectivity index (χ4v) is 3.76. The standard InChI is InChI=1S/C22H26FN7O/c1-14-25-19(10-20(26-14)30-9-8-16(13-30)22(2,3)23)28-21(31)18-7-5-6-17(27-18)15-11-24-29(4)12-15/h5-7,10-12,16H,8-9,13H2,1-4H3,(H,25,26,28,31)/t16-/m0/s1. The van der Waals surface area contributed by atoms with Gasteiger partial charge in [0.05, 0.1) is 11.9 Å². The van der Waals surface area contributed by atoms with Crippen molar-refractivity contribution in [3.63, 3.8) is 0 Å². The number of aryl methyl sites for hydroxylation is 2. The molecule has 0 unspecified atom stereocenters. The van der Waals surface area contributed by atoms with Crippen LogP contribution in [-0.2, 0) is 7.05 Å². The van der Waals surface area contributed by atoms with Gasteiger partial charge in [0, 0.05) is 43.9 Å². The van der Waals surface area contributed by atoms with E-state index in [2.05, 4.69) is 25.4 Å². The number of alkyl halides is 1. The largest absolute Gasteiger partial charge is 0.356 e. The molecule has 1 aliphatic heterocycles. The van der Waals surface area contributed by atoms with Crippen LogP contribution in [-0.4, -0.2) is 49.4 Å². The second-order valence-electron chi connectivity index (χ2n) is 8.42. The van der Waals surface area contributed by atoms with Crippen molar-refractivity contribution in [3.8, 4) is 11.3 Å². The summed E-state index contributed by atoms with van der Waals surface area (Å²) in [6.07, 6.45) is 4.30. The quantitative estimate of drug-likeness (QED) is 0.677. The van der Waals surface area contributed by atoms with Crippen LogP contribution in [0.4, 0.5) is 16.0 Å². The van der Waals surface area contributed by atoms with E-state index in [9.17, 15) is 9.18 Å². The van der Waals surface area contributed by atoms with Gasteiger partial charge in [-0.05, 0) is 39.3 Å². The first-order chi connectivity index (χ1) is 14.7. The number of hydrogen-bond donors (Lipinski definition) is 1. The highest BCUT2D eigenvalue weighted by Crippen LogP contribution is 2.32. The molecule has 0 bridgehead atoms. The molecule has 4 heterocycles. The first-order valence-corrected chi connectivity index (χ1v) is 10.3. The fraction of sp³-hybridized carbons (Fsp3) is 0.409. The Balaban J connectivity index is 1.52. The Labute approximate surface area is 180 Å². The average Bonchev–Trinajstić information content (AvgIpc) is 3.37. The van der Waals surface area contributed by atoms with E-state index in [0.717, 1.165) is 18.5 Å². The molecule has 0 aliphatic carbocycles. The van der Waals surface area contributed by atoms with Crippen LogP contribution in [0.25, 0.3) is 11.3 Å². The molecule has 1 fully saturated rings. The molecule has 3 aromatic heterocycles. The molecule has 1 atom stereocenters. The molecule has 3 aromatic rings. The Morgan fingerprint density at radius 2 is 2.06 bits per heavy atom. The Hall–Kier alpha value is -3.36. The van der Waals surface area contributed by atoms with Gasteiger partial charge in [0.2, 0.25) is 0 Å². The van der Waals surface area contributed by atoms with Crippen LogP contribution < -0.4 is 10.2 Å². The molecule has 0 aromatic carbocycles. The van der Waals surface area contributed by atoms with Gasteiger partial charge in [-0.1, -0.05) is 6.07 Å². The van der Waals surface area contributed by atoms with Crippen LogP contribution in [0.3, 0.4) is 0 Å². The molecule has 4 rings (SSSR count). The monoisotopic (exact) mass is 423 g/mol. The van der Waals surface area contributed by atoms with E-state index in [1.165, 1.54) is 0 Å². The van der Waals surface area contributed by atoms with Crippen LogP contribution in [0.1, 0.15) is 36.6 Å². The Bertz CT molecular complexity index is 1110. The molecule has 1 aliphatic rings. The van der Waals surface area contributed by atoms with E-state index in [1.807, 2.05) is 24.2 Å². The van der Waals surface area contributed by atoms with Crippen molar-refractivity contribution >= 4 is 17.5 Å². The predicted molar refractivity (Wildman–Crippen MR) is 117 cm³/mol. The molecule has 31 heavy (non-hydrogen) atoms. The lowest BCUT2D eigenvalue weighted by Gasteiger charge is -2.23. The molecule has 1 N–H and O–H groups in total. The first-order valence-electron chi connectivity index (χ1n) is 10.3. The molecule has 0 spiro atoms. The molecular formula is C22H26FN7O. The second-order valence-corrected chi connectivity index (χ2v) is 8.42. The Kier molecular flexibility index (Phi) is 5.43. The lowest BCUT2D eigenvalue weighted by molar-refractivity contribution is 0.102. The highest BCUT2D eigenvalue weighted by atomic mass is 19.1. The molecular weight excluding hydrogens is 397 g/mol. The first kappa shape index (κ1) is 20.9. The van der Waals surface area contributed by atoms with Crippen LogP contribution >= 0.6 is 0 Å². The number of nitrogens with one attached hydrogen (secondary N) is 1. The van der Waals surface area contributed by atoms with Gasteiger partial charge in [-0.3, -0.25) is 9.48 Å². The van der Waals surface area contributed by atoms with E-state index < -0.39 is 5.67 Å². The maximum atomic E-state index is 14.3. The normalized spacial score (nSPS) is 16.5. The number of halogens is 1. The van der Waals surface area contributed by atoms with Crippen molar-refractivity contribution in [2.24, 2.45) is 13.0 Å². The van der Waals surface area contributed by atoms with Crippen LogP contribution in [0.5, 0.6) is 0 Å². The summed E-state index contributed by atoms with van der Waals surface area (Å²) in [7, 11) is 1.83. The van der Waals surface area contributed by atoms with Crippen LogP contribution in [0.2, 0.25) is 0 Å². The minimum absolute atomic E-state index is 0.0553. The summed E-state index contributed by atoms with van der Waals surface area (Å²) in [5.74, 6) is 1.20. The van der Waals surface area contributed by atoms with E-state index in [0.29, 0.717) is 29.7 Å². The fourth-order valence-electron chi connectivity index (χ4n) is 3.76. The maximum absolute atomic E-state index is 14.3. The van der Waals surface area contributed by atoms with Crippen molar-refractivity contribution in [1.82, 2.24) is 24.7 Å². The van der Waals surface area contributed by atoms with Gasteiger partial charge in [-0.2, -0.15) is 5.10 Å². The van der Waals surface area contributed by atoms with E-state index in [4.69, 9.17) is 0 Å². The van der Waals surface area contributed by atoms with Crippen molar-refractivity contribution in [2.45, 2.75) is 32.9 Å². The van der Waals surface area contributed by atoms with E-state index >= 15 is 0 Å². The zero-order valence-corrected chi connectivity index (χ0v) is 18.1. The van der Waals surface area contributed by atoms with Crippen LogP contribution in [0, 0.1) is 12.8 Å². The lowest BCUT2D eigenvalue weighted by atomic mass is 9.92. The smallest absolute Gasteiger partial charge is 0.275 e. The van der Waals surface area contributed by atoms with Crippen molar-refractivity contribution < 1.29 is 9.18 Å². The number of pyridine rings is 1. The zero-order chi connectivity index (χ0) is 22.2. The van der Waals surface area contributed by atoms with Gasteiger partial charge in [0.1, 0.15) is 28.8 Å². The third kappa shape index (κ3) is 4.70. The molecule has 9 heteroatoms. The van der Waals surface area contributed by atoms with Crippen LogP contribution in [0.15, 0.2) is 36.7 Å². The van der Waals surface area contributed by atoms with Crippen molar-refractivity contribution in [3.05, 3.63) is 48.2 Å². The molecule has 8 nitrogen and oxygen atoms in total. The molecule has 1 amide bonds.